The van der Waals surface area contributed by atoms with Gasteiger partial charge < -0.3 is 9.47 Å². The Morgan fingerprint density at radius 2 is 2.07 bits per heavy atom. The molecule has 1 aromatic carbocycles. The Hall–Kier alpha value is -1.48. The zero-order valence-electron chi connectivity index (χ0n) is 7.35. The van der Waals surface area contributed by atoms with E-state index in [0.29, 0.717) is 5.75 Å². The fourth-order valence-electron chi connectivity index (χ4n) is 0.802. The molecule has 3 nitrogen and oxygen atoms in total. The molecule has 1 unspecified atom stereocenters. The van der Waals surface area contributed by atoms with E-state index in [1.54, 1.807) is 24.3 Å². The molecule has 0 fully saturated rings. The molecule has 0 aliphatic rings. The van der Waals surface area contributed by atoms with Crippen LogP contribution in [0.4, 0.5) is 0 Å². The van der Waals surface area contributed by atoms with Crippen LogP contribution in [0.2, 0.25) is 0 Å². The highest BCUT2D eigenvalue weighted by Crippen LogP contribution is 2.13. The number of para-hydroxylation sites is 1. The van der Waals surface area contributed by atoms with Crippen LogP contribution in [0.25, 0.3) is 0 Å². The molecule has 74 valence electrons. The summed E-state index contributed by atoms with van der Waals surface area (Å²) in [6.07, 6.45) is 1.01. The smallest absolute Gasteiger partial charge is 0.368 e. The van der Waals surface area contributed by atoms with Gasteiger partial charge in [0.1, 0.15) is 5.75 Å². The van der Waals surface area contributed by atoms with Gasteiger partial charge >= 0.3 is 5.97 Å². The molecule has 1 aromatic rings. The van der Waals surface area contributed by atoms with Gasteiger partial charge in [-0.25, -0.2) is 4.79 Å². The maximum Gasteiger partial charge on any atom is 0.368 e. The predicted molar refractivity (Wildman–Crippen MR) is 53.0 cm³/mol. The molecule has 0 aliphatic carbocycles. The predicted octanol–water partition coefficient (Wildman–Crippen LogP) is 2.32. The van der Waals surface area contributed by atoms with E-state index in [4.69, 9.17) is 16.3 Å². The van der Waals surface area contributed by atoms with Crippen LogP contribution in [-0.2, 0) is 9.53 Å². The molecule has 1 rings (SSSR count). The van der Waals surface area contributed by atoms with Crippen molar-refractivity contribution in [2.24, 2.45) is 0 Å². The molecular weight excluding hydrogens is 204 g/mol. The van der Waals surface area contributed by atoms with Crippen LogP contribution in [-0.4, -0.2) is 11.5 Å². The summed E-state index contributed by atoms with van der Waals surface area (Å²) in [5.74, 6) is -0.181. The van der Waals surface area contributed by atoms with Crippen LogP contribution in [0.15, 0.2) is 43.2 Å². The van der Waals surface area contributed by atoms with E-state index in [9.17, 15) is 4.79 Å². The van der Waals surface area contributed by atoms with Gasteiger partial charge in [-0.1, -0.05) is 36.4 Å². The molecule has 1 atom stereocenters. The monoisotopic (exact) mass is 212 g/mol. The minimum atomic E-state index is -1.16. The van der Waals surface area contributed by atoms with Gasteiger partial charge in [-0.15, -0.1) is 0 Å². The van der Waals surface area contributed by atoms with Crippen LogP contribution in [0.3, 0.4) is 0 Å². The van der Waals surface area contributed by atoms with Crippen molar-refractivity contribution in [2.75, 3.05) is 0 Å². The number of carbonyl (C=O) groups is 1. The van der Waals surface area contributed by atoms with E-state index in [-0.39, 0.29) is 0 Å². The second-order valence-corrected chi connectivity index (χ2v) is 2.75. The minimum Gasteiger partial charge on any atom is -0.463 e. The molecule has 0 aromatic heterocycles. The Balaban J connectivity index is 2.52. The number of rotatable bonds is 4. The van der Waals surface area contributed by atoms with Gasteiger partial charge in [0.25, 0.3) is 5.56 Å². The highest BCUT2D eigenvalue weighted by Gasteiger charge is 2.17. The first-order chi connectivity index (χ1) is 6.74. The van der Waals surface area contributed by atoms with Crippen molar-refractivity contribution in [1.29, 1.82) is 0 Å². The molecule has 0 amide bonds. The fourth-order valence-corrected chi connectivity index (χ4v) is 0.957. The van der Waals surface area contributed by atoms with Crippen molar-refractivity contribution >= 4 is 17.6 Å². The summed E-state index contributed by atoms with van der Waals surface area (Å²) in [5.41, 5.74) is -1.16. The molecule has 0 aliphatic heterocycles. The largest absolute Gasteiger partial charge is 0.463 e. The standard InChI is InChI=1S/C10H9ClO3/c1-2-13-10(12)9(11)14-8-6-4-3-5-7-8/h2-7,9H,1H2. The third-order valence-electron chi connectivity index (χ3n) is 1.37. The average molecular weight is 213 g/mol. The molecular formula is C10H9ClO3. The number of benzene rings is 1. The highest BCUT2D eigenvalue weighted by molar-refractivity contribution is 6.28. The van der Waals surface area contributed by atoms with Crippen molar-refractivity contribution in [1.82, 2.24) is 0 Å². The Bertz CT molecular complexity index is 310. The lowest BCUT2D eigenvalue weighted by Crippen LogP contribution is -2.21. The first kappa shape index (κ1) is 10.6. The van der Waals surface area contributed by atoms with Crippen LogP contribution in [0, 0.1) is 0 Å². The second-order valence-electron chi connectivity index (χ2n) is 2.35. The van der Waals surface area contributed by atoms with Crippen molar-refractivity contribution in [2.45, 2.75) is 5.56 Å². The first-order valence-electron chi connectivity index (χ1n) is 3.91. The molecule has 0 N–H and O–H groups in total. The van der Waals surface area contributed by atoms with Gasteiger partial charge in [0.05, 0.1) is 6.26 Å². The lowest BCUT2D eigenvalue weighted by molar-refractivity contribution is -0.142. The number of ether oxygens (including phenoxy) is 2. The zero-order chi connectivity index (χ0) is 10.4. The van der Waals surface area contributed by atoms with Crippen LogP contribution < -0.4 is 4.74 Å². The molecule has 14 heavy (non-hydrogen) atoms. The summed E-state index contributed by atoms with van der Waals surface area (Å²) in [4.78, 5) is 11.0. The second kappa shape index (κ2) is 5.29. The SMILES string of the molecule is C=COC(=O)C(Cl)Oc1ccccc1. The summed E-state index contributed by atoms with van der Waals surface area (Å²) in [6, 6.07) is 8.76. The summed E-state index contributed by atoms with van der Waals surface area (Å²) in [5, 5.41) is 0. The highest BCUT2D eigenvalue weighted by atomic mass is 35.5. The average Bonchev–Trinajstić information content (AvgIpc) is 2.19. The van der Waals surface area contributed by atoms with Gasteiger partial charge in [-0.2, -0.15) is 0 Å². The normalized spacial score (nSPS) is 11.5. The van der Waals surface area contributed by atoms with Crippen LogP contribution in [0.1, 0.15) is 0 Å². The summed E-state index contributed by atoms with van der Waals surface area (Å²) in [7, 11) is 0. The number of carbonyl (C=O) groups excluding carboxylic acids is 1. The number of alkyl halides is 1. The van der Waals surface area contributed by atoms with Gasteiger partial charge in [0.2, 0.25) is 0 Å². The van der Waals surface area contributed by atoms with E-state index in [1.807, 2.05) is 6.07 Å². The third kappa shape index (κ3) is 3.11. The molecule has 0 heterocycles. The molecule has 4 heteroatoms. The summed E-state index contributed by atoms with van der Waals surface area (Å²) < 4.78 is 9.52. The molecule has 0 spiro atoms. The topological polar surface area (TPSA) is 35.5 Å². The minimum absolute atomic E-state index is 0.508. The van der Waals surface area contributed by atoms with E-state index in [0.717, 1.165) is 6.26 Å². The number of halogens is 1. The molecule has 0 saturated carbocycles. The van der Waals surface area contributed by atoms with Crippen molar-refractivity contribution < 1.29 is 14.3 Å². The quantitative estimate of drug-likeness (QED) is 0.437. The Labute approximate surface area is 86.9 Å². The van der Waals surface area contributed by atoms with Gasteiger partial charge in [-0.3, -0.25) is 0 Å². The fraction of sp³-hybridized carbons (Fsp3) is 0.100. The lowest BCUT2D eigenvalue weighted by Gasteiger charge is -2.09. The van der Waals surface area contributed by atoms with Crippen LogP contribution >= 0.6 is 11.6 Å². The number of esters is 1. The Kier molecular flexibility index (Phi) is 4.01. The Morgan fingerprint density at radius 1 is 1.43 bits per heavy atom. The van der Waals surface area contributed by atoms with Gasteiger partial charge in [0.15, 0.2) is 0 Å². The van der Waals surface area contributed by atoms with Crippen molar-refractivity contribution in [3.05, 3.63) is 43.2 Å². The van der Waals surface area contributed by atoms with E-state index in [1.165, 1.54) is 0 Å². The van der Waals surface area contributed by atoms with Gasteiger partial charge in [-0.05, 0) is 12.1 Å². The number of hydrogen-bond acceptors (Lipinski definition) is 3. The van der Waals surface area contributed by atoms with Gasteiger partial charge in [0, 0.05) is 0 Å². The molecule has 0 radical (unpaired) electrons. The van der Waals surface area contributed by atoms with E-state index >= 15 is 0 Å². The number of hydrogen-bond donors (Lipinski definition) is 0. The van der Waals surface area contributed by atoms with E-state index in [2.05, 4.69) is 11.3 Å². The summed E-state index contributed by atoms with van der Waals surface area (Å²) in [6.45, 7) is 3.23. The zero-order valence-corrected chi connectivity index (χ0v) is 8.11. The lowest BCUT2D eigenvalue weighted by atomic mass is 10.3. The summed E-state index contributed by atoms with van der Waals surface area (Å²) >= 11 is 5.60. The Morgan fingerprint density at radius 3 is 2.64 bits per heavy atom. The van der Waals surface area contributed by atoms with E-state index < -0.39 is 11.5 Å². The maximum atomic E-state index is 11.0. The molecule has 0 bridgehead atoms. The van der Waals surface area contributed by atoms with Crippen molar-refractivity contribution in [3.8, 4) is 5.75 Å². The maximum absolute atomic E-state index is 11.0. The third-order valence-corrected chi connectivity index (χ3v) is 1.63. The molecule has 0 saturated heterocycles. The first-order valence-corrected chi connectivity index (χ1v) is 4.35. The van der Waals surface area contributed by atoms with Crippen LogP contribution in [0.5, 0.6) is 5.75 Å². The van der Waals surface area contributed by atoms with Crippen molar-refractivity contribution in [3.63, 3.8) is 0 Å².